The summed E-state index contributed by atoms with van der Waals surface area (Å²) in [7, 11) is 1.90. The van der Waals surface area contributed by atoms with Gasteiger partial charge in [-0.15, -0.1) is 0 Å². The number of amides is 1. The van der Waals surface area contributed by atoms with Crippen molar-refractivity contribution in [3.63, 3.8) is 0 Å². The third-order valence-corrected chi connectivity index (χ3v) is 8.38. The van der Waals surface area contributed by atoms with E-state index in [1.807, 2.05) is 38.2 Å². The zero-order valence-electron chi connectivity index (χ0n) is 18.9. The van der Waals surface area contributed by atoms with Crippen molar-refractivity contribution in [2.24, 2.45) is 0 Å². The molecule has 4 atom stereocenters. The number of benzene rings is 3. The Morgan fingerprint density at radius 2 is 1.76 bits per heavy atom. The second-order valence-corrected chi connectivity index (χ2v) is 9.93. The quantitative estimate of drug-likeness (QED) is 0.362. The molecule has 0 saturated carbocycles. The largest absolute Gasteiger partial charge is 0.386 e. The maximum absolute atomic E-state index is 13.3. The van der Waals surface area contributed by atoms with Crippen LogP contribution in [0.5, 0.6) is 0 Å². The molecular weight excluding hydrogens is 428 g/mol. The highest BCUT2D eigenvalue weighted by Gasteiger charge is 2.52. The van der Waals surface area contributed by atoms with Gasteiger partial charge >= 0.3 is 0 Å². The van der Waals surface area contributed by atoms with Crippen LogP contribution in [0, 0.1) is 0 Å². The smallest absolute Gasteiger partial charge is 0.252 e. The molecule has 3 aromatic carbocycles. The first kappa shape index (κ1) is 19.0. The van der Waals surface area contributed by atoms with Gasteiger partial charge in [-0.1, -0.05) is 36.4 Å². The molecule has 3 aliphatic rings. The van der Waals surface area contributed by atoms with Crippen LogP contribution in [0.15, 0.2) is 48.5 Å². The summed E-state index contributed by atoms with van der Waals surface area (Å²) in [5.41, 5.74) is 4.91. The van der Waals surface area contributed by atoms with Crippen LogP contribution in [0.4, 0.5) is 0 Å². The number of aromatic nitrogens is 2. The molecule has 7 nitrogen and oxygen atoms in total. The molecule has 34 heavy (non-hydrogen) atoms. The summed E-state index contributed by atoms with van der Waals surface area (Å²) in [6.07, 6.45) is -0.432. The number of aliphatic hydroxyl groups is 1. The van der Waals surface area contributed by atoms with Crippen molar-refractivity contribution in [2.45, 2.75) is 44.0 Å². The van der Waals surface area contributed by atoms with Crippen molar-refractivity contribution in [2.75, 3.05) is 7.05 Å². The lowest BCUT2D eigenvalue weighted by molar-refractivity contribution is -0.249. The summed E-state index contributed by atoms with van der Waals surface area (Å²) in [5.74, 6) is -0.0240. The van der Waals surface area contributed by atoms with E-state index < -0.39 is 11.8 Å². The predicted molar refractivity (Wildman–Crippen MR) is 131 cm³/mol. The van der Waals surface area contributed by atoms with Gasteiger partial charge in [0.25, 0.3) is 5.91 Å². The van der Waals surface area contributed by atoms with E-state index in [1.165, 1.54) is 0 Å². The van der Waals surface area contributed by atoms with Crippen molar-refractivity contribution in [1.29, 1.82) is 0 Å². The van der Waals surface area contributed by atoms with E-state index in [-0.39, 0.29) is 18.2 Å². The minimum absolute atomic E-state index is 0.0240. The van der Waals surface area contributed by atoms with Crippen LogP contribution >= 0.6 is 0 Å². The predicted octanol–water partition coefficient (Wildman–Crippen LogP) is 3.70. The van der Waals surface area contributed by atoms with Crippen LogP contribution in [0.3, 0.4) is 0 Å². The Labute approximate surface area is 194 Å². The Kier molecular flexibility index (Phi) is 3.34. The first-order valence-electron chi connectivity index (χ1n) is 11.9. The van der Waals surface area contributed by atoms with Crippen LogP contribution in [-0.4, -0.2) is 39.3 Å². The van der Waals surface area contributed by atoms with E-state index in [4.69, 9.17) is 4.74 Å². The number of fused-ring (bicyclic) bond motifs is 13. The Balaban J connectivity index is 1.74. The Morgan fingerprint density at radius 3 is 2.53 bits per heavy atom. The van der Waals surface area contributed by atoms with Crippen LogP contribution in [0.1, 0.15) is 35.5 Å². The third kappa shape index (κ3) is 1.92. The molecule has 170 valence electrons. The number of rotatable bonds is 1. The first-order valence-corrected chi connectivity index (χ1v) is 11.9. The fraction of sp³-hybridized carbons (Fsp3) is 0.296. The van der Waals surface area contributed by atoms with E-state index in [9.17, 15) is 9.90 Å². The number of nitrogens with zero attached hydrogens (tertiary/aromatic N) is 2. The van der Waals surface area contributed by atoms with E-state index in [0.29, 0.717) is 13.0 Å². The van der Waals surface area contributed by atoms with E-state index in [0.717, 1.165) is 54.7 Å². The third-order valence-electron chi connectivity index (χ3n) is 8.38. The standard InChI is InChI=1S/C27H24N4O3/c1-27-25(32)16(28-2)11-19(34-27)30-17-9-5-3-7-13(17)21-22-15(12-29-26(22)33)20-14-8-4-6-10-18(14)31(27)24(20)23(21)30/h3-10,16,19,25,28,32H,11-12H2,1-2H3,(H,29,33)/t16-,19-,25-,27+/m0/s1. The molecule has 0 unspecified atom stereocenters. The molecule has 8 rings (SSSR count). The molecule has 1 amide bonds. The molecule has 1 fully saturated rings. The van der Waals surface area contributed by atoms with Crippen molar-refractivity contribution >= 4 is 49.5 Å². The number of aliphatic hydroxyl groups excluding tert-OH is 1. The Bertz CT molecular complexity index is 1730. The van der Waals surface area contributed by atoms with Crippen LogP contribution < -0.4 is 10.6 Å². The number of para-hydroxylation sites is 2. The molecule has 7 heteroatoms. The minimum atomic E-state index is -0.991. The lowest BCUT2D eigenvalue weighted by Gasteiger charge is -2.46. The highest BCUT2D eigenvalue weighted by atomic mass is 16.6. The van der Waals surface area contributed by atoms with Crippen LogP contribution in [0.2, 0.25) is 0 Å². The molecule has 0 aliphatic carbocycles. The average Bonchev–Trinajstić information content (AvgIpc) is 3.48. The number of hydrogen-bond acceptors (Lipinski definition) is 4. The molecular formula is C27H24N4O3. The van der Waals surface area contributed by atoms with Crippen LogP contribution in [0.25, 0.3) is 43.6 Å². The molecule has 3 N–H and O–H groups in total. The van der Waals surface area contributed by atoms with Gasteiger partial charge in [0.05, 0.1) is 27.6 Å². The van der Waals surface area contributed by atoms with Gasteiger partial charge in [-0.3, -0.25) is 4.79 Å². The molecule has 2 aromatic heterocycles. The van der Waals surface area contributed by atoms with Gasteiger partial charge in [0.2, 0.25) is 0 Å². The summed E-state index contributed by atoms with van der Waals surface area (Å²) in [6, 6.07) is 16.4. The molecule has 3 aliphatic heterocycles. The van der Waals surface area contributed by atoms with E-state index in [2.05, 4.69) is 44.0 Å². The second kappa shape index (κ2) is 5.99. The van der Waals surface area contributed by atoms with E-state index in [1.54, 1.807) is 0 Å². The number of carbonyl (C=O) groups is 1. The maximum Gasteiger partial charge on any atom is 0.252 e. The normalized spacial score (nSPS) is 27.7. The summed E-state index contributed by atoms with van der Waals surface area (Å²) >= 11 is 0. The maximum atomic E-state index is 13.3. The molecule has 0 radical (unpaired) electrons. The average molecular weight is 453 g/mol. The van der Waals surface area contributed by atoms with Gasteiger partial charge in [0.1, 0.15) is 12.3 Å². The van der Waals surface area contributed by atoms with E-state index >= 15 is 0 Å². The van der Waals surface area contributed by atoms with Crippen molar-refractivity contribution in [3.8, 4) is 0 Å². The van der Waals surface area contributed by atoms with Crippen molar-refractivity contribution in [3.05, 3.63) is 59.7 Å². The lowest BCUT2D eigenvalue weighted by atomic mass is 9.93. The molecule has 1 saturated heterocycles. The van der Waals surface area contributed by atoms with Gasteiger partial charge in [-0.25, -0.2) is 0 Å². The molecule has 2 bridgehead atoms. The molecule has 0 spiro atoms. The fourth-order valence-electron chi connectivity index (χ4n) is 6.97. The van der Waals surface area contributed by atoms with Crippen molar-refractivity contribution < 1.29 is 14.6 Å². The summed E-state index contributed by atoms with van der Waals surface area (Å²) < 4.78 is 11.3. The minimum Gasteiger partial charge on any atom is -0.386 e. The number of carbonyl (C=O) groups excluding carboxylic acids is 1. The fourth-order valence-corrected chi connectivity index (χ4v) is 6.97. The Hall–Kier alpha value is -3.39. The van der Waals surface area contributed by atoms with Gasteiger partial charge in [0, 0.05) is 40.6 Å². The number of ether oxygens (including phenoxy) is 1. The van der Waals surface area contributed by atoms with Gasteiger partial charge in [-0.2, -0.15) is 0 Å². The highest BCUT2D eigenvalue weighted by molar-refractivity contribution is 6.31. The second-order valence-electron chi connectivity index (χ2n) is 9.93. The monoisotopic (exact) mass is 452 g/mol. The first-order chi connectivity index (χ1) is 16.5. The lowest BCUT2D eigenvalue weighted by Crippen LogP contribution is -2.58. The zero-order chi connectivity index (χ0) is 22.9. The summed E-state index contributed by atoms with van der Waals surface area (Å²) in [4.78, 5) is 13.3. The summed E-state index contributed by atoms with van der Waals surface area (Å²) in [6.45, 7) is 2.49. The van der Waals surface area contributed by atoms with Gasteiger partial charge in [0.15, 0.2) is 5.72 Å². The molecule has 5 aromatic rings. The topological polar surface area (TPSA) is 80.4 Å². The van der Waals surface area contributed by atoms with Crippen molar-refractivity contribution in [1.82, 2.24) is 19.8 Å². The zero-order valence-corrected chi connectivity index (χ0v) is 18.9. The Morgan fingerprint density at radius 1 is 1.06 bits per heavy atom. The molecule has 5 heterocycles. The number of likely N-dealkylation sites (N-methyl/N-ethyl adjacent to an activating group) is 1. The van der Waals surface area contributed by atoms with Gasteiger partial charge in [-0.05, 0) is 31.7 Å². The van der Waals surface area contributed by atoms with Gasteiger partial charge < -0.3 is 29.6 Å². The summed E-state index contributed by atoms with van der Waals surface area (Å²) in [5, 5.41) is 22.2. The number of nitrogens with one attached hydrogen (secondary N) is 2. The number of hydrogen-bond donors (Lipinski definition) is 3. The SMILES string of the molecule is CN[C@H]1C[C@@H]2O[C@](C)([C@H]1O)n1c3ccccc3c3c4c(c5c6ccccc6n2c5c31)C(=O)NC4. The highest BCUT2D eigenvalue weighted by Crippen LogP contribution is 2.53. The van der Waals surface area contributed by atoms with Crippen LogP contribution in [-0.2, 0) is 17.0 Å².